The van der Waals surface area contributed by atoms with Gasteiger partial charge in [-0.1, -0.05) is 89.9 Å². The van der Waals surface area contributed by atoms with E-state index in [4.69, 9.17) is 15.3 Å². The molecule has 0 amide bonds. The Kier molecular flexibility index (Phi) is 20.2. The molecule has 4 aliphatic rings. The molecule has 0 aromatic carbocycles. The molecular weight excluding hydrogens is 584 g/mol. The number of carbonyl (C=O) groups is 3. The van der Waals surface area contributed by atoms with Crippen LogP contribution in [0.25, 0.3) is 0 Å². The van der Waals surface area contributed by atoms with E-state index in [1.54, 1.807) is 114 Å². The average molecular weight is 646 g/mol. The Balaban J connectivity index is 0. The third-order valence-electron chi connectivity index (χ3n) is 8.36. The van der Waals surface area contributed by atoms with Crippen LogP contribution in [0.4, 0.5) is 0 Å². The van der Waals surface area contributed by atoms with Gasteiger partial charge in [-0.05, 0) is 86.0 Å². The summed E-state index contributed by atoms with van der Waals surface area (Å²) in [5, 5.41) is 24.8. The van der Waals surface area contributed by atoms with Gasteiger partial charge >= 0.3 is 44.1 Å². The van der Waals surface area contributed by atoms with E-state index in [0.717, 1.165) is 0 Å². The van der Waals surface area contributed by atoms with Gasteiger partial charge in [-0.25, -0.2) is 0 Å². The quantitative estimate of drug-likeness (QED) is 0.242. The van der Waals surface area contributed by atoms with Crippen molar-refractivity contribution >= 4 is 17.9 Å². The molecule has 4 unspecified atom stereocenters. The van der Waals surface area contributed by atoms with Crippen LogP contribution in [0.15, 0.2) is 0 Å². The van der Waals surface area contributed by atoms with Crippen LogP contribution in [0.1, 0.15) is 152 Å². The molecule has 0 radical (unpaired) electrons. The smallest absolute Gasteiger partial charge is 0.481 e. The monoisotopic (exact) mass is 644 g/mol. The second-order valence-corrected chi connectivity index (χ2v) is 15.1. The van der Waals surface area contributed by atoms with E-state index < -0.39 is 34.2 Å². The molecule has 0 aromatic rings. The van der Waals surface area contributed by atoms with Crippen LogP contribution < -0.4 is 0 Å². The number of carboxylic acids is 3. The van der Waals surface area contributed by atoms with Crippen LogP contribution >= 0.6 is 0 Å². The molecule has 4 rings (SSSR count). The van der Waals surface area contributed by atoms with Crippen molar-refractivity contribution in [2.45, 2.75) is 152 Å². The van der Waals surface area contributed by atoms with Crippen molar-refractivity contribution in [2.75, 3.05) is 0 Å². The van der Waals surface area contributed by atoms with E-state index in [9.17, 15) is 14.4 Å². The number of fused-ring (bicyclic) bond motifs is 2. The van der Waals surface area contributed by atoms with Gasteiger partial charge in [-0.3, -0.25) is 14.4 Å². The first-order chi connectivity index (χ1) is 17.8. The molecule has 4 saturated carbocycles. The van der Waals surface area contributed by atoms with Crippen LogP contribution in [0.5, 0.6) is 0 Å². The van der Waals surface area contributed by atoms with E-state index in [0.29, 0.717) is 0 Å². The van der Waals surface area contributed by atoms with Gasteiger partial charge in [0.05, 0.1) is 16.2 Å². The zero-order valence-corrected chi connectivity index (χ0v) is 29.7. The summed E-state index contributed by atoms with van der Waals surface area (Å²) in [5.41, 5.74) is -1.75. The van der Waals surface area contributed by atoms with E-state index in [1.165, 1.54) is 62.2 Å². The Hall–Kier alpha value is -0.707. The predicted molar refractivity (Wildman–Crippen MR) is 160 cm³/mol. The van der Waals surface area contributed by atoms with Crippen molar-refractivity contribution in [1.82, 2.24) is 0 Å². The summed E-state index contributed by atoms with van der Waals surface area (Å²) in [6, 6.07) is 0. The number of hydrogen-bond donors (Lipinski definition) is 3. The number of rotatable bonds is 0. The summed E-state index contributed by atoms with van der Waals surface area (Å²) in [7, 11) is 0. The fourth-order valence-electron chi connectivity index (χ4n) is 5.37. The largest absolute Gasteiger partial charge is 2.00 e. The second-order valence-electron chi connectivity index (χ2n) is 15.1. The fourth-order valence-corrected chi connectivity index (χ4v) is 5.37. The minimum absolute atomic E-state index is 0. The first kappa shape index (κ1) is 41.4. The van der Waals surface area contributed by atoms with E-state index in [-0.39, 0.29) is 26.2 Å². The molecule has 0 heterocycles. The summed E-state index contributed by atoms with van der Waals surface area (Å²) >= 11 is 0. The molecule has 40 heavy (non-hydrogen) atoms. The molecule has 232 valence electrons. The van der Waals surface area contributed by atoms with Crippen molar-refractivity contribution in [1.29, 1.82) is 0 Å². The van der Waals surface area contributed by atoms with E-state index in [1.807, 2.05) is 0 Å². The number of carboxylic acid groups (broad SMARTS) is 3. The minimum atomic E-state index is -0.757. The summed E-state index contributed by atoms with van der Waals surface area (Å²) in [6.45, 7) is 15.0. The standard InChI is InChI=1S/2C9H16.3C5H10O2.Zr/c2*1-2-5-9-7-3-6-8(9)4-1;3*1-5(2,3)4(6)7;/h2*8-9H,1-7H2;3*1-3H3,(H,6,7);/q;;;;;+2. The Labute approximate surface area is 265 Å². The van der Waals surface area contributed by atoms with Gasteiger partial charge in [-0.15, -0.1) is 0 Å². The topological polar surface area (TPSA) is 112 Å². The number of hydrogen-bond acceptors (Lipinski definition) is 3. The SMILES string of the molecule is C1CCC2CCCC2C1.C1CCC2CCCC2C1.CC(C)(C)C(=O)O.CC(C)(C)C(=O)O.CC(C)(C)C(=O)O.[Zr+2]. The van der Waals surface area contributed by atoms with Crippen molar-refractivity contribution in [3.8, 4) is 0 Å². The Bertz CT molecular complexity index is 622. The van der Waals surface area contributed by atoms with Crippen molar-refractivity contribution < 1.29 is 55.9 Å². The zero-order chi connectivity index (χ0) is 30.4. The summed E-state index contributed by atoms with van der Waals surface area (Å²) in [5.74, 6) is 2.39. The van der Waals surface area contributed by atoms with Crippen LogP contribution in [0.2, 0.25) is 0 Å². The van der Waals surface area contributed by atoms with E-state index >= 15 is 0 Å². The average Bonchev–Trinajstić information content (AvgIpc) is 3.48. The van der Waals surface area contributed by atoms with Crippen LogP contribution in [-0.4, -0.2) is 33.2 Å². The molecule has 0 aliphatic heterocycles. The first-order valence-electron chi connectivity index (χ1n) is 15.5. The van der Waals surface area contributed by atoms with Gasteiger partial charge in [0.1, 0.15) is 0 Å². The fraction of sp³-hybridized carbons (Fsp3) is 0.909. The Morgan fingerprint density at radius 3 is 0.650 bits per heavy atom. The summed E-state index contributed by atoms with van der Waals surface area (Å²) in [6.07, 6.45) is 21.7. The van der Waals surface area contributed by atoms with Gasteiger partial charge in [-0.2, -0.15) is 0 Å². The molecule has 3 N–H and O–H groups in total. The van der Waals surface area contributed by atoms with Crippen molar-refractivity contribution in [3.63, 3.8) is 0 Å². The van der Waals surface area contributed by atoms with Gasteiger partial charge in [0.2, 0.25) is 0 Å². The third-order valence-corrected chi connectivity index (χ3v) is 8.36. The maximum Gasteiger partial charge on any atom is 2.00 e. The molecule has 0 spiro atoms. The van der Waals surface area contributed by atoms with Crippen LogP contribution in [-0.2, 0) is 40.6 Å². The molecule has 6 nitrogen and oxygen atoms in total. The molecule has 0 bridgehead atoms. The normalized spacial score (nSPS) is 25.1. The van der Waals surface area contributed by atoms with Crippen LogP contribution in [0, 0.1) is 39.9 Å². The molecule has 7 heteroatoms. The Morgan fingerprint density at radius 1 is 0.400 bits per heavy atom. The molecular formula is C33H62O6Zr+2. The molecule has 0 saturated heterocycles. The van der Waals surface area contributed by atoms with E-state index in [2.05, 4.69) is 0 Å². The predicted octanol–water partition coefficient (Wildman–Crippen LogP) is 9.30. The first-order valence-corrected chi connectivity index (χ1v) is 15.5. The zero-order valence-electron chi connectivity index (χ0n) is 27.3. The maximum absolute atomic E-state index is 10.0. The molecule has 4 atom stereocenters. The minimum Gasteiger partial charge on any atom is -0.481 e. The molecule has 4 fully saturated rings. The molecule has 4 aliphatic carbocycles. The Morgan fingerprint density at radius 2 is 0.525 bits per heavy atom. The maximum atomic E-state index is 10.0. The van der Waals surface area contributed by atoms with Gasteiger partial charge < -0.3 is 15.3 Å². The van der Waals surface area contributed by atoms with Gasteiger partial charge in [0, 0.05) is 0 Å². The van der Waals surface area contributed by atoms with Gasteiger partial charge in [0.15, 0.2) is 0 Å². The van der Waals surface area contributed by atoms with Crippen molar-refractivity contribution in [3.05, 3.63) is 0 Å². The summed E-state index contributed by atoms with van der Waals surface area (Å²) in [4.78, 5) is 30.1. The van der Waals surface area contributed by atoms with Crippen molar-refractivity contribution in [2.24, 2.45) is 39.9 Å². The van der Waals surface area contributed by atoms with Crippen LogP contribution in [0.3, 0.4) is 0 Å². The summed E-state index contributed by atoms with van der Waals surface area (Å²) < 4.78 is 0. The molecule has 0 aromatic heterocycles. The third kappa shape index (κ3) is 18.7. The van der Waals surface area contributed by atoms with Gasteiger partial charge in [0.25, 0.3) is 0 Å². The number of aliphatic carboxylic acids is 3. The second kappa shape index (κ2) is 19.5.